The van der Waals surface area contributed by atoms with Gasteiger partial charge in [0.25, 0.3) is 0 Å². The van der Waals surface area contributed by atoms with Gasteiger partial charge in [-0.3, -0.25) is 4.79 Å². The van der Waals surface area contributed by atoms with Crippen molar-refractivity contribution in [2.45, 2.75) is 45.6 Å². The van der Waals surface area contributed by atoms with Crippen molar-refractivity contribution in [1.29, 1.82) is 0 Å². The SMILES string of the molecule is CC(COc1ccc(C(=O)CCNCC(O)c2ccc(C(C)(C)C)cc2)cc1)CN(C)C. The lowest BCUT2D eigenvalue weighted by Crippen LogP contribution is -2.24. The number of hydrogen-bond donors (Lipinski definition) is 2. The summed E-state index contributed by atoms with van der Waals surface area (Å²) < 4.78 is 5.82. The monoisotopic (exact) mass is 440 g/mol. The Balaban J connectivity index is 1.72. The number of aliphatic hydroxyl groups is 1. The summed E-state index contributed by atoms with van der Waals surface area (Å²) in [6, 6.07) is 15.4. The van der Waals surface area contributed by atoms with E-state index in [1.165, 1.54) is 5.56 Å². The van der Waals surface area contributed by atoms with E-state index in [0.29, 0.717) is 37.6 Å². The number of aliphatic hydroxyl groups excluding tert-OH is 1. The Morgan fingerprint density at radius 2 is 1.69 bits per heavy atom. The Bertz CT molecular complexity index is 823. The molecule has 176 valence electrons. The first-order valence-corrected chi connectivity index (χ1v) is 11.5. The van der Waals surface area contributed by atoms with Crippen LogP contribution in [0.4, 0.5) is 0 Å². The van der Waals surface area contributed by atoms with Crippen LogP contribution in [0.2, 0.25) is 0 Å². The van der Waals surface area contributed by atoms with E-state index in [2.05, 4.69) is 64.1 Å². The molecule has 0 aromatic heterocycles. The molecule has 0 saturated heterocycles. The number of nitrogens with one attached hydrogen (secondary N) is 1. The first kappa shape index (κ1) is 26.0. The molecule has 0 amide bonds. The van der Waals surface area contributed by atoms with Crippen molar-refractivity contribution < 1.29 is 14.6 Å². The summed E-state index contributed by atoms with van der Waals surface area (Å²) in [4.78, 5) is 14.6. The van der Waals surface area contributed by atoms with Crippen LogP contribution in [0, 0.1) is 5.92 Å². The van der Waals surface area contributed by atoms with Crippen LogP contribution in [0.5, 0.6) is 5.75 Å². The van der Waals surface area contributed by atoms with Gasteiger partial charge < -0.3 is 20.1 Å². The highest BCUT2D eigenvalue weighted by Crippen LogP contribution is 2.23. The van der Waals surface area contributed by atoms with Crippen LogP contribution >= 0.6 is 0 Å². The lowest BCUT2D eigenvalue weighted by molar-refractivity contribution is 0.0979. The summed E-state index contributed by atoms with van der Waals surface area (Å²) >= 11 is 0. The number of hydrogen-bond acceptors (Lipinski definition) is 5. The summed E-state index contributed by atoms with van der Waals surface area (Å²) in [5.74, 6) is 1.30. The molecule has 5 heteroatoms. The Morgan fingerprint density at radius 3 is 2.25 bits per heavy atom. The molecular formula is C27H40N2O3. The fraction of sp³-hybridized carbons (Fsp3) is 0.519. The van der Waals surface area contributed by atoms with E-state index in [0.717, 1.165) is 17.9 Å². The minimum Gasteiger partial charge on any atom is -0.493 e. The Labute approximate surface area is 193 Å². The Morgan fingerprint density at radius 1 is 1.06 bits per heavy atom. The summed E-state index contributed by atoms with van der Waals surface area (Å²) in [7, 11) is 4.10. The minimum atomic E-state index is -0.592. The largest absolute Gasteiger partial charge is 0.493 e. The van der Waals surface area contributed by atoms with Gasteiger partial charge in [-0.2, -0.15) is 0 Å². The van der Waals surface area contributed by atoms with Gasteiger partial charge in [-0.15, -0.1) is 0 Å². The average molecular weight is 441 g/mol. The quantitative estimate of drug-likeness (QED) is 0.377. The molecule has 2 rings (SSSR count). The van der Waals surface area contributed by atoms with Crippen LogP contribution in [-0.4, -0.2) is 56.1 Å². The van der Waals surface area contributed by atoms with Crippen molar-refractivity contribution >= 4 is 5.78 Å². The van der Waals surface area contributed by atoms with Crippen molar-refractivity contribution in [3.8, 4) is 5.75 Å². The predicted octanol–water partition coefficient (Wildman–Crippen LogP) is 4.46. The third kappa shape index (κ3) is 8.73. The van der Waals surface area contributed by atoms with Crippen molar-refractivity contribution in [3.63, 3.8) is 0 Å². The topological polar surface area (TPSA) is 61.8 Å². The van der Waals surface area contributed by atoms with E-state index < -0.39 is 6.10 Å². The molecule has 0 fully saturated rings. The normalized spacial score (nSPS) is 13.8. The van der Waals surface area contributed by atoms with Gasteiger partial charge in [0.1, 0.15) is 5.75 Å². The van der Waals surface area contributed by atoms with Crippen LogP contribution < -0.4 is 10.1 Å². The molecule has 2 atom stereocenters. The zero-order valence-electron chi connectivity index (χ0n) is 20.5. The van der Waals surface area contributed by atoms with Gasteiger partial charge >= 0.3 is 0 Å². The molecule has 2 N–H and O–H groups in total. The van der Waals surface area contributed by atoms with Gasteiger partial charge in [-0.1, -0.05) is 52.0 Å². The molecule has 0 saturated carbocycles. The molecule has 0 spiro atoms. The van der Waals surface area contributed by atoms with Crippen molar-refractivity contribution in [3.05, 3.63) is 65.2 Å². The zero-order chi connectivity index (χ0) is 23.7. The number of ether oxygens (including phenoxy) is 1. The van der Waals surface area contributed by atoms with E-state index in [9.17, 15) is 9.90 Å². The second kappa shape index (κ2) is 12.1. The molecule has 2 aromatic rings. The maximum absolute atomic E-state index is 12.4. The van der Waals surface area contributed by atoms with E-state index in [-0.39, 0.29) is 11.2 Å². The number of benzene rings is 2. The molecule has 0 aliphatic heterocycles. The van der Waals surface area contributed by atoms with Crippen molar-refractivity contribution in [2.75, 3.05) is 40.3 Å². The number of carbonyl (C=O) groups is 1. The average Bonchev–Trinajstić information content (AvgIpc) is 2.74. The predicted molar refractivity (Wildman–Crippen MR) is 132 cm³/mol. The highest BCUT2D eigenvalue weighted by atomic mass is 16.5. The third-order valence-electron chi connectivity index (χ3n) is 5.42. The molecule has 2 aromatic carbocycles. The summed E-state index contributed by atoms with van der Waals surface area (Å²) in [5.41, 5.74) is 2.90. The fourth-order valence-corrected chi connectivity index (χ4v) is 3.56. The molecule has 0 bridgehead atoms. The van der Waals surface area contributed by atoms with Gasteiger partial charge in [0, 0.05) is 37.5 Å². The molecule has 5 nitrogen and oxygen atoms in total. The number of nitrogens with zero attached hydrogens (tertiary/aromatic N) is 1. The standard InChI is InChI=1S/C27H40N2O3/c1-20(18-29(5)6)19-32-24-13-9-21(10-14-24)25(30)15-16-28-17-26(31)22-7-11-23(12-8-22)27(2,3)4/h7-14,20,26,28,31H,15-19H2,1-6H3. The summed E-state index contributed by atoms with van der Waals surface area (Å²) in [6.45, 7) is 11.2. The molecule has 32 heavy (non-hydrogen) atoms. The van der Waals surface area contributed by atoms with Crippen LogP contribution in [0.15, 0.2) is 48.5 Å². The van der Waals surface area contributed by atoms with E-state index >= 15 is 0 Å². The van der Waals surface area contributed by atoms with Gasteiger partial charge in [0.05, 0.1) is 12.7 Å². The number of ketones is 1. The summed E-state index contributed by atoms with van der Waals surface area (Å²) in [5, 5.41) is 13.6. The molecule has 0 radical (unpaired) electrons. The first-order valence-electron chi connectivity index (χ1n) is 11.5. The molecule has 0 aliphatic rings. The smallest absolute Gasteiger partial charge is 0.164 e. The van der Waals surface area contributed by atoms with E-state index in [1.807, 2.05) is 36.4 Å². The highest BCUT2D eigenvalue weighted by Gasteiger charge is 2.15. The van der Waals surface area contributed by atoms with Gasteiger partial charge in [0.15, 0.2) is 5.78 Å². The molecule has 0 heterocycles. The van der Waals surface area contributed by atoms with Crippen LogP contribution in [0.25, 0.3) is 0 Å². The van der Waals surface area contributed by atoms with Crippen molar-refractivity contribution in [1.82, 2.24) is 10.2 Å². The van der Waals surface area contributed by atoms with E-state index in [1.54, 1.807) is 0 Å². The highest BCUT2D eigenvalue weighted by molar-refractivity contribution is 5.96. The van der Waals surface area contributed by atoms with Crippen LogP contribution in [-0.2, 0) is 5.41 Å². The Hall–Kier alpha value is -2.21. The van der Waals surface area contributed by atoms with Crippen molar-refractivity contribution in [2.24, 2.45) is 5.92 Å². The first-order chi connectivity index (χ1) is 15.1. The maximum Gasteiger partial charge on any atom is 0.164 e. The van der Waals surface area contributed by atoms with Crippen LogP contribution in [0.3, 0.4) is 0 Å². The zero-order valence-corrected chi connectivity index (χ0v) is 20.5. The second-order valence-corrected chi connectivity index (χ2v) is 9.97. The lowest BCUT2D eigenvalue weighted by atomic mass is 9.86. The van der Waals surface area contributed by atoms with Gasteiger partial charge in [0.2, 0.25) is 0 Å². The number of carbonyl (C=O) groups excluding carboxylic acids is 1. The number of rotatable bonds is 12. The molecular weight excluding hydrogens is 400 g/mol. The van der Waals surface area contributed by atoms with E-state index in [4.69, 9.17) is 4.74 Å². The third-order valence-corrected chi connectivity index (χ3v) is 5.42. The Kier molecular flexibility index (Phi) is 9.88. The fourth-order valence-electron chi connectivity index (χ4n) is 3.56. The molecule has 2 unspecified atom stereocenters. The van der Waals surface area contributed by atoms with Gasteiger partial charge in [-0.25, -0.2) is 0 Å². The van der Waals surface area contributed by atoms with Crippen LogP contribution in [0.1, 0.15) is 61.7 Å². The molecule has 0 aliphatic carbocycles. The number of Topliss-reactive ketones (excluding diaryl/α,β-unsaturated/α-hetero) is 1. The van der Waals surface area contributed by atoms with Gasteiger partial charge in [-0.05, 0) is 54.9 Å². The lowest BCUT2D eigenvalue weighted by Gasteiger charge is -2.20. The maximum atomic E-state index is 12.4. The second-order valence-electron chi connectivity index (χ2n) is 9.97. The minimum absolute atomic E-state index is 0.0778. The summed E-state index contributed by atoms with van der Waals surface area (Å²) in [6.07, 6.45) is -0.208.